The number of oxime groups is 1. The van der Waals surface area contributed by atoms with E-state index >= 15 is 0 Å². The summed E-state index contributed by atoms with van der Waals surface area (Å²) >= 11 is 2.35. The number of carbonyl (C=O) groups is 4. The number of carboxylic acids is 2. The maximum atomic E-state index is 13.2. The van der Waals surface area contributed by atoms with Gasteiger partial charge in [0.2, 0.25) is 11.9 Å². The number of H-pyrrole nitrogens is 1. The SMILES string of the molecule is CC(C)(O/N=C(\C(=O)N[C@@H]1C(=O)N2C(C(=O)O)=C(Cc3[nH]c[n+]4ccccc34)CS[C@H]12)c1csc(N)n1)C(=O)O. The molecule has 0 aromatic carbocycles. The number of aromatic amines is 1. The normalized spacial score (nSPS) is 19.3. The summed E-state index contributed by atoms with van der Waals surface area (Å²) in [6.07, 6.45) is 3.92. The van der Waals surface area contributed by atoms with Crippen LogP contribution in [-0.2, 0) is 30.4 Å². The number of β-lactam (4-membered cyclic amide) rings is 1. The van der Waals surface area contributed by atoms with Gasteiger partial charge in [0.1, 0.15) is 22.8 Å². The average Bonchev–Trinajstić information content (AvgIpc) is 3.53. The summed E-state index contributed by atoms with van der Waals surface area (Å²) in [5.74, 6) is -3.69. The van der Waals surface area contributed by atoms with E-state index in [9.17, 15) is 29.4 Å². The number of fused-ring (bicyclic) bond motifs is 2. The quantitative estimate of drug-likeness (QED) is 0.101. The van der Waals surface area contributed by atoms with Gasteiger partial charge >= 0.3 is 11.9 Å². The first-order chi connectivity index (χ1) is 19.0. The highest BCUT2D eigenvalue weighted by Crippen LogP contribution is 2.41. The van der Waals surface area contributed by atoms with E-state index in [0.717, 1.165) is 22.5 Å². The zero-order valence-corrected chi connectivity index (χ0v) is 22.8. The van der Waals surface area contributed by atoms with Gasteiger partial charge in [-0.15, -0.1) is 23.1 Å². The zero-order valence-electron chi connectivity index (χ0n) is 21.2. The predicted octanol–water partition coefficient (Wildman–Crippen LogP) is 0.357. The van der Waals surface area contributed by atoms with Gasteiger partial charge in [-0.3, -0.25) is 14.5 Å². The Balaban J connectivity index is 1.37. The molecule has 0 unspecified atom stereocenters. The summed E-state index contributed by atoms with van der Waals surface area (Å²) in [7, 11) is 0. The molecule has 16 heteroatoms. The summed E-state index contributed by atoms with van der Waals surface area (Å²) in [6.45, 7) is 2.50. The van der Waals surface area contributed by atoms with Crippen LogP contribution in [0.15, 0.2) is 52.5 Å². The lowest BCUT2D eigenvalue weighted by Gasteiger charge is -2.49. The summed E-state index contributed by atoms with van der Waals surface area (Å²) in [6, 6.07) is 4.60. The molecule has 14 nitrogen and oxygen atoms in total. The standard InChI is InChI=1S/C24H23N7O7S2/c1-24(2,22(36)37)38-29-15(13-9-40-23(25)27-13)18(32)28-16-19(33)31-17(21(34)35)11(8-39-20(16)31)7-12-14-5-3-4-6-30(14)10-26-12/h3-6,9-10,16,20H,7-8H2,1-2H3,(H5,25,27,28,32,34,35,36,37)/p+1/b29-15-/t16-,20-/m1/s1. The molecule has 2 atom stereocenters. The topological polar surface area (TPSA) is 204 Å². The third kappa shape index (κ3) is 4.86. The lowest BCUT2D eigenvalue weighted by molar-refractivity contribution is -0.511. The van der Waals surface area contributed by atoms with E-state index in [2.05, 4.69) is 20.4 Å². The van der Waals surface area contributed by atoms with Gasteiger partial charge in [0, 0.05) is 17.6 Å². The third-order valence-electron chi connectivity index (χ3n) is 6.36. The van der Waals surface area contributed by atoms with Crippen molar-refractivity contribution >= 4 is 63.2 Å². The summed E-state index contributed by atoms with van der Waals surface area (Å²) in [5.41, 5.74) is 5.72. The van der Waals surface area contributed by atoms with Crippen LogP contribution < -0.4 is 15.5 Å². The van der Waals surface area contributed by atoms with Crippen molar-refractivity contribution in [2.45, 2.75) is 37.3 Å². The van der Waals surface area contributed by atoms with E-state index in [1.54, 1.807) is 6.33 Å². The van der Waals surface area contributed by atoms with Crippen molar-refractivity contribution in [3.05, 3.63) is 58.8 Å². The van der Waals surface area contributed by atoms with Crippen LogP contribution in [0.2, 0.25) is 0 Å². The van der Waals surface area contributed by atoms with Crippen LogP contribution >= 0.6 is 23.1 Å². The van der Waals surface area contributed by atoms with E-state index in [-0.39, 0.29) is 22.2 Å². The average molecular weight is 587 g/mol. The van der Waals surface area contributed by atoms with Crippen molar-refractivity contribution < 1.29 is 38.6 Å². The highest BCUT2D eigenvalue weighted by atomic mass is 32.2. The van der Waals surface area contributed by atoms with Gasteiger partial charge < -0.3 is 26.1 Å². The monoisotopic (exact) mass is 586 g/mol. The molecule has 2 aliphatic heterocycles. The first-order valence-corrected chi connectivity index (χ1v) is 13.8. The van der Waals surface area contributed by atoms with Gasteiger partial charge in [0.25, 0.3) is 11.8 Å². The molecule has 0 saturated carbocycles. The molecule has 1 fully saturated rings. The van der Waals surface area contributed by atoms with Gasteiger partial charge in [-0.25, -0.2) is 24.0 Å². The number of carboxylic acid groups (broad SMARTS) is 2. The van der Waals surface area contributed by atoms with Crippen molar-refractivity contribution in [2.75, 3.05) is 11.5 Å². The number of thiazole rings is 1. The molecule has 3 aromatic heterocycles. The Labute approximate surface area is 234 Å². The molecule has 6 N–H and O–H groups in total. The van der Waals surface area contributed by atoms with E-state index in [0.29, 0.717) is 17.7 Å². The van der Waals surface area contributed by atoms with Crippen molar-refractivity contribution in [2.24, 2.45) is 5.16 Å². The van der Waals surface area contributed by atoms with Crippen molar-refractivity contribution in [3.8, 4) is 0 Å². The van der Waals surface area contributed by atoms with Crippen LogP contribution in [0.3, 0.4) is 0 Å². The van der Waals surface area contributed by atoms with Gasteiger partial charge in [0.05, 0.1) is 6.20 Å². The lowest BCUT2D eigenvalue weighted by Crippen LogP contribution is -2.71. The number of thioether (sulfide) groups is 1. The molecule has 40 heavy (non-hydrogen) atoms. The number of imidazole rings is 1. The molecule has 1 saturated heterocycles. The number of nitrogen functional groups attached to an aromatic ring is 1. The Kier molecular flexibility index (Phi) is 6.97. The molecule has 0 spiro atoms. The molecule has 0 radical (unpaired) electrons. The molecule has 0 aliphatic carbocycles. The van der Waals surface area contributed by atoms with E-state index in [1.807, 2.05) is 28.8 Å². The second kappa shape index (κ2) is 10.3. The fourth-order valence-electron chi connectivity index (χ4n) is 4.23. The fourth-order valence-corrected chi connectivity index (χ4v) is 6.12. The second-order valence-electron chi connectivity index (χ2n) is 9.46. The molecule has 0 bridgehead atoms. The first kappa shape index (κ1) is 27.1. The number of hydrogen-bond acceptors (Lipinski definition) is 10. The smallest absolute Gasteiger partial charge is 0.352 e. The molecule has 2 amide bonds. The van der Waals surface area contributed by atoms with E-state index in [4.69, 9.17) is 10.6 Å². The number of nitrogens with zero attached hydrogens (tertiary/aromatic N) is 4. The van der Waals surface area contributed by atoms with Crippen LogP contribution in [-0.4, -0.2) is 77.3 Å². The lowest BCUT2D eigenvalue weighted by atomic mass is 10.00. The number of aromatic nitrogens is 3. The Morgan fingerprint density at radius 3 is 2.80 bits per heavy atom. The second-order valence-corrected chi connectivity index (χ2v) is 11.5. The van der Waals surface area contributed by atoms with Crippen molar-refractivity contribution in [3.63, 3.8) is 0 Å². The molecular formula is C24H24N7O7S2+. The first-order valence-electron chi connectivity index (χ1n) is 11.9. The maximum absolute atomic E-state index is 13.2. The Hall–Kier alpha value is -4.44. The molecule has 5 rings (SSSR count). The number of aliphatic carboxylic acids is 2. The predicted molar refractivity (Wildman–Crippen MR) is 143 cm³/mol. The highest BCUT2D eigenvalue weighted by molar-refractivity contribution is 8.00. The number of anilines is 1. The minimum atomic E-state index is -1.75. The fraction of sp³-hybridized carbons (Fsp3) is 0.292. The Morgan fingerprint density at radius 2 is 2.12 bits per heavy atom. The number of nitrogens with one attached hydrogen (secondary N) is 2. The highest BCUT2D eigenvalue weighted by Gasteiger charge is 2.54. The number of nitrogens with two attached hydrogens (primary N) is 1. The molecule has 208 valence electrons. The van der Waals surface area contributed by atoms with E-state index < -0.39 is 40.8 Å². The number of rotatable bonds is 9. The van der Waals surface area contributed by atoms with Crippen molar-refractivity contribution in [1.82, 2.24) is 20.2 Å². The molecule has 5 heterocycles. The third-order valence-corrected chi connectivity index (χ3v) is 8.38. The number of amides is 2. The minimum absolute atomic E-state index is 0.0329. The maximum Gasteiger partial charge on any atom is 0.352 e. The van der Waals surface area contributed by atoms with Gasteiger partial charge in [-0.05, 0) is 31.6 Å². The van der Waals surface area contributed by atoms with Crippen LogP contribution in [0.5, 0.6) is 0 Å². The summed E-state index contributed by atoms with van der Waals surface area (Å²) in [5, 5.41) is 26.6. The van der Waals surface area contributed by atoms with Crippen LogP contribution in [0.1, 0.15) is 25.2 Å². The number of hydrogen-bond donors (Lipinski definition) is 5. The van der Waals surface area contributed by atoms with E-state index in [1.165, 1.54) is 35.9 Å². The van der Waals surface area contributed by atoms with Crippen LogP contribution in [0.25, 0.3) is 5.52 Å². The van der Waals surface area contributed by atoms with Gasteiger partial charge in [0.15, 0.2) is 22.1 Å². The number of carbonyl (C=O) groups excluding carboxylic acids is 2. The minimum Gasteiger partial charge on any atom is -0.478 e. The number of pyridine rings is 1. The molecular weight excluding hydrogens is 562 g/mol. The van der Waals surface area contributed by atoms with Crippen LogP contribution in [0.4, 0.5) is 5.13 Å². The summed E-state index contributed by atoms with van der Waals surface area (Å²) in [4.78, 5) is 63.6. The van der Waals surface area contributed by atoms with Gasteiger partial charge in [-0.1, -0.05) is 11.2 Å². The Morgan fingerprint density at radius 1 is 1.35 bits per heavy atom. The largest absolute Gasteiger partial charge is 0.478 e. The van der Waals surface area contributed by atoms with Crippen LogP contribution in [0, 0.1) is 0 Å². The van der Waals surface area contributed by atoms with Gasteiger partial charge in [-0.2, -0.15) is 0 Å². The summed E-state index contributed by atoms with van der Waals surface area (Å²) < 4.78 is 1.88. The zero-order chi connectivity index (χ0) is 28.8. The Bertz CT molecular complexity index is 1610. The van der Waals surface area contributed by atoms with Crippen molar-refractivity contribution in [1.29, 1.82) is 0 Å². The molecule has 3 aromatic rings. The molecule has 2 aliphatic rings.